The van der Waals surface area contributed by atoms with E-state index in [0.717, 1.165) is 0 Å². The number of benzene rings is 4. The van der Waals surface area contributed by atoms with Gasteiger partial charge in [-0.25, -0.2) is 0 Å². The van der Waals surface area contributed by atoms with Crippen LogP contribution in [0.2, 0.25) is 0 Å². The fraction of sp³-hybridized carbons (Fsp3) is 0.471. The molecule has 0 radical (unpaired) electrons. The monoisotopic (exact) mass is 1310 g/mol. The first-order chi connectivity index (χ1) is 45.5. The first-order valence-corrected chi connectivity index (χ1v) is 32.4. The summed E-state index contributed by atoms with van der Waals surface area (Å²) in [5.74, 6) is -11.9. The van der Waals surface area contributed by atoms with Crippen molar-refractivity contribution in [2.24, 2.45) is 23.1 Å². The van der Waals surface area contributed by atoms with E-state index >= 15 is 4.79 Å². The molecule has 0 aromatic heterocycles. The standard InChI is InChI=1S/C68H91N13O14/c1-41(2)35-50-62(89)80-55(39-44-21-10-5-11-22-44)68(95)81-34-16-25-56(81)67(94)79-53(37-43-19-8-4-9-20-43)65(92)77-51(36-42-17-6-3-7-18-42)64(91)78-54(40-58(84)85)66(93)74-49(30-31-57(71)83)61(88)76-52(38-45-26-28-46(82)29-27-45)63(90)73-47(23-12-14-32-69)59(86)72-48(60(87)75-50)24-13-15-33-70/h3-11,17-22,26-29,41,47-56,82H,12-16,23-25,30-40,69-70H2,1-2H3,(H2,71,83)(H,72,86)(H,73,90)(H,74,93)(H,75,87)(H,76,88)(H,77,92)(H,78,91)(H,79,94)(H,80,89)(H,84,85)/t47-,48-,49-,50-,51+,52-,53-,54-,55+,56-/m0/s1. The molecule has 10 atom stereocenters. The lowest BCUT2D eigenvalue weighted by atomic mass is 9.99. The lowest BCUT2D eigenvalue weighted by molar-refractivity contribution is -0.143. The molecule has 2 aliphatic heterocycles. The number of phenols is 1. The van der Waals surface area contributed by atoms with Crippen LogP contribution in [-0.4, -0.2) is 166 Å². The number of aromatic hydroxyl groups is 1. The first kappa shape index (κ1) is 74.3. The zero-order chi connectivity index (χ0) is 69.0. The Morgan fingerprint density at radius 3 is 1.22 bits per heavy atom. The molecule has 2 fully saturated rings. The summed E-state index contributed by atoms with van der Waals surface area (Å²) >= 11 is 0. The largest absolute Gasteiger partial charge is 0.508 e. The number of unbranched alkanes of at least 4 members (excludes halogenated alkanes) is 2. The van der Waals surface area contributed by atoms with Gasteiger partial charge in [0.1, 0.15) is 66.2 Å². The summed E-state index contributed by atoms with van der Waals surface area (Å²) < 4.78 is 0. The smallest absolute Gasteiger partial charge is 0.305 e. The van der Waals surface area contributed by atoms with Crippen LogP contribution in [0.5, 0.6) is 5.75 Å². The van der Waals surface area contributed by atoms with Crippen molar-refractivity contribution < 1.29 is 67.7 Å². The molecule has 2 aliphatic rings. The molecule has 0 unspecified atom stereocenters. The molecule has 2 saturated heterocycles. The number of fused-ring (bicyclic) bond motifs is 1. The number of phenolic OH excluding ortho intramolecular Hbond substituents is 1. The van der Waals surface area contributed by atoms with Gasteiger partial charge in [0.25, 0.3) is 0 Å². The van der Waals surface area contributed by atoms with Crippen molar-refractivity contribution in [2.75, 3.05) is 19.6 Å². The van der Waals surface area contributed by atoms with Gasteiger partial charge in [-0.15, -0.1) is 0 Å². The number of nitrogens with zero attached hydrogens (tertiary/aromatic N) is 1. The fourth-order valence-electron chi connectivity index (χ4n) is 11.4. The Kier molecular flexibility index (Phi) is 29.6. The highest BCUT2D eigenvalue weighted by Gasteiger charge is 2.42. The predicted octanol–water partition coefficient (Wildman–Crippen LogP) is 0.0749. The van der Waals surface area contributed by atoms with Gasteiger partial charge in [0.05, 0.1) is 6.42 Å². The number of amides is 11. The van der Waals surface area contributed by atoms with Crippen LogP contribution in [0.25, 0.3) is 0 Å². The van der Waals surface area contributed by atoms with Gasteiger partial charge in [0.15, 0.2) is 0 Å². The predicted molar refractivity (Wildman–Crippen MR) is 350 cm³/mol. The third kappa shape index (κ3) is 24.3. The average molecular weight is 1310 g/mol. The number of carboxylic acid groups (broad SMARTS) is 1. The minimum atomic E-state index is -1.98. The van der Waals surface area contributed by atoms with Gasteiger partial charge in [-0.1, -0.05) is 117 Å². The maximum absolute atomic E-state index is 15.2. The topological polar surface area (TPSA) is 435 Å². The van der Waals surface area contributed by atoms with Crippen molar-refractivity contribution in [3.05, 3.63) is 138 Å². The maximum Gasteiger partial charge on any atom is 0.305 e. The number of nitrogens with two attached hydrogens (primary N) is 3. The highest BCUT2D eigenvalue weighted by Crippen LogP contribution is 2.22. The van der Waals surface area contributed by atoms with Crippen molar-refractivity contribution in [3.8, 4) is 5.75 Å². The number of nitrogens with one attached hydrogen (secondary N) is 9. The Bertz CT molecular complexity index is 3250. The van der Waals surface area contributed by atoms with Gasteiger partial charge in [-0.05, 0) is 118 Å². The van der Waals surface area contributed by atoms with Crippen LogP contribution in [0.4, 0.5) is 0 Å². The zero-order valence-corrected chi connectivity index (χ0v) is 53.7. The molecule has 0 aliphatic carbocycles. The van der Waals surface area contributed by atoms with Gasteiger partial charge >= 0.3 is 5.97 Å². The van der Waals surface area contributed by atoms with Gasteiger partial charge in [0, 0.05) is 38.6 Å². The molecular formula is C68H91N13O14. The summed E-state index contributed by atoms with van der Waals surface area (Å²) in [6.07, 6.45) is -0.966. The van der Waals surface area contributed by atoms with Crippen LogP contribution >= 0.6 is 0 Å². The van der Waals surface area contributed by atoms with Gasteiger partial charge in [0.2, 0.25) is 65.0 Å². The molecule has 6 rings (SSSR count). The number of carbonyl (C=O) groups is 12. The van der Waals surface area contributed by atoms with Crippen LogP contribution in [0.3, 0.4) is 0 Å². The number of carboxylic acids is 1. The van der Waals surface area contributed by atoms with Crippen molar-refractivity contribution in [1.82, 2.24) is 52.8 Å². The van der Waals surface area contributed by atoms with Crippen molar-refractivity contribution in [2.45, 2.75) is 177 Å². The summed E-state index contributed by atoms with van der Waals surface area (Å²) in [7, 11) is 0. The average Bonchev–Trinajstić information content (AvgIpc) is 1.77. The SMILES string of the molecule is CC(C)C[C@@H]1NC(=O)[C@H](CCCCN)NC(=O)[C@H](CCCCN)NC(=O)[C@H](Cc2ccc(O)cc2)NC(=O)[C@H](CCC(N)=O)NC(=O)[C@H](CC(=O)O)NC(=O)[C@@H](Cc2ccccc2)NC(=O)[C@H](Cc2ccccc2)NC(=O)[C@@H]2CCCN2C(=O)[C@@H](Cc2ccccc2)NC1=O. The molecule has 95 heavy (non-hydrogen) atoms. The van der Waals surface area contributed by atoms with E-state index in [4.69, 9.17) is 17.2 Å². The Labute approximate surface area is 552 Å². The van der Waals surface area contributed by atoms with E-state index in [-0.39, 0.29) is 89.1 Å². The Hall–Kier alpha value is -9.76. The van der Waals surface area contributed by atoms with Crippen molar-refractivity contribution in [3.63, 3.8) is 0 Å². The molecule has 27 heteroatoms. The lowest BCUT2D eigenvalue weighted by Crippen LogP contribution is -2.62. The molecule has 2 heterocycles. The summed E-state index contributed by atoms with van der Waals surface area (Å²) in [6, 6.07) is 16.4. The molecule has 512 valence electrons. The number of hydrogen-bond donors (Lipinski definition) is 14. The van der Waals surface area contributed by atoms with Gasteiger partial charge < -0.3 is 80.2 Å². The lowest BCUT2D eigenvalue weighted by Gasteiger charge is -2.31. The van der Waals surface area contributed by atoms with Crippen LogP contribution in [-0.2, 0) is 83.2 Å². The van der Waals surface area contributed by atoms with E-state index in [1.165, 1.54) is 29.2 Å². The van der Waals surface area contributed by atoms with E-state index in [1.54, 1.807) is 91.0 Å². The number of rotatable bonds is 23. The van der Waals surface area contributed by atoms with Gasteiger partial charge in [-0.3, -0.25) is 57.5 Å². The van der Waals surface area contributed by atoms with E-state index in [0.29, 0.717) is 47.9 Å². The summed E-state index contributed by atoms with van der Waals surface area (Å²) in [5, 5.41) is 44.5. The van der Waals surface area contributed by atoms with Crippen LogP contribution in [0, 0.1) is 5.92 Å². The summed E-state index contributed by atoms with van der Waals surface area (Å²) in [4.78, 5) is 174. The number of primary amides is 1. The number of carbonyl (C=O) groups excluding carboxylic acids is 11. The second-order valence-electron chi connectivity index (χ2n) is 24.5. The van der Waals surface area contributed by atoms with Crippen LogP contribution in [0.15, 0.2) is 115 Å². The number of aliphatic carboxylic acids is 1. The third-order valence-corrected chi connectivity index (χ3v) is 16.4. The van der Waals surface area contributed by atoms with Crippen LogP contribution in [0.1, 0.15) is 113 Å². The molecule has 11 amide bonds. The van der Waals surface area contributed by atoms with E-state index < -0.39 is 151 Å². The first-order valence-electron chi connectivity index (χ1n) is 32.4. The summed E-state index contributed by atoms with van der Waals surface area (Å²) in [5.41, 5.74) is 19.4. The second-order valence-corrected chi connectivity index (χ2v) is 24.5. The molecule has 0 bridgehead atoms. The minimum Gasteiger partial charge on any atom is -0.508 e. The molecule has 17 N–H and O–H groups in total. The zero-order valence-electron chi connectivity index (χ0n) is 53.7. The van der Waals surface area contributed by atoms with Crippen LogP contribution < -0.4 is 65.1 Å². The molecule has 27 nitrogen and oxygen atoms in total. The normalized spacial score (nSPS) is 23.5. The minimum absolute atomic E-state index is 0.0128. The fourth-order valence-corrected chi connectivity index (χ4v) is 11.4. The highest BCUT2D eigenvalue weighted by molar-refractivity contribution is 6.00. The Balaban J connectivity index is 1.48. The molecular weight excluding hydrogens is 1220 g/mol. The Morgan fingerprint density at radius 2 is 0.800 bits per heavy atom. The van der Waals surface area contributed by atoms with Gasteiger partial charge in [-0.2, -0.15) is 0 Å². The quantitative estimate of drug-likeness (QED) is 0.0437. The molecule has 4 aromatic rings. The maximum atomic E-state index is 15.2. The second kappa shape index (κ2) is 37.8. The number of hydrogen-bond acceptors (Lipinski definition) is 15. The highest BCUT2D eigenvalue weighted by atomic mass is 16.4. The summed E-state index contributed by atoms with van der Waals surface area (Å²) in [6.45, 7) is 4.15. The molecule has 0 saturated carbocycles. The third-order valence-electron chi connectivity index (χ3n) is 16.4. The van der Waals surface area contributed by atoms with E-state index in [9.17, 15) is 63.0 Å². The molecule has 4 aromatic carbocycles. The van der Waals surface area contributed by atoms with E-state index in [2.05, 4.69) is 47.9 Å². The molecule has 0 spiro atoms. The van der Waals surface area contributed by atoms with E-state index in [1.807, 2.05) is 13.8 Å². The Morgan fingerprint density at radius 1 is 0.453 bits per heavy atom. The van der Waals surface area contributed by atoms with Crippen molar-refractivity contribution >= 4 is 70.9 Å². The van der Waals surface area contributed by atoms with Crippen molar-refractivity contribution in [1.29, 1.82) is 0 Å².